The second-order valence-corrected chi connectivity index (χ2v) is 8.38. The predicted molar refractivity (Wildman–Crippen MR) is 127 cm³/mol. The van der Waals surface area contributed by atoms with Gasteiger partial charge in [0.1, 0.15) is 11.6 Å². The number of nitrogens with zero attached hydrogens (tertiary/aromatic N) is 1. The summed E-state index contributed by atoms with van der Waals surface area (Å²) in [5.41, 5.74) is 1.26. The fourth-order valence-corrected chi connectivity index (χ4v) is 4.00. The van der Waals surface area contributed by atoms with Crippen molar-refractivity contribution in [3.8, 4) is 5.75 Å². The zero-order valence-corrected chi connectivity index (χ0v) is 18.9. The van der Waals surface area contributed by atoms with Crippen LogP contribution in [0.3, 0.4) is 0 Å². The molecule has 1 heterocycles. The standard InChI is InChI=1S/C26H22ClFN2O4/c27-23-6-2-1-5-22(23)24(31)29-20-11-13-21(14-12-20)34-26(33)18-4-3-15-30(16-18)25(32)17-7-9-19(28)10-8-17/h1-2,5-14,18H,3-4,15-16H2,(H,29,31). The molecular formula is C26H22ClFN2O4. The number of piperidine rings is 1. The van der Waals surface area contributed by atoms with Gasteiger partial charge in [0.25, 0.3) is 11.8 Å². The maximum atomic E-state index is 13.1. The van der Waals surface area contributed by atoms with Gasteiger partial charge in [-0.1, -0.05) is 23.7 Å². The molecule has 1 N–H and O–H groups in total. The molecule has 1 unspecified atom stereocenters. The monoisotopic (exact) mass is 480 g/mol. The van der Waals surface area contributed by atoms with Gasteiger partial charge in [-0.2, -0.15) is 0 Å². The van der Waals surface area contributed by atoms with Crippen LogP contribution in [0.1, 0.15) is 33.6 Å². The number of nitrogens with one attached hydrogen (secondary N) is 1. The summed E-state index contributed by atoms with van der Waals surface area (Å²) in [6.45, 7) is 0.765. The molecule has 1 aliphatic heterocycles. The minimum Gasteiger partial charge on any atom is -0.426 e. The lowest BCUT2D eigenvalue weighted by atomic mass is 9.97. The topological polar surface area (TPSA) is 75.7 Å². The molecule has 34 heavy (non-hydrogen) atoms. The van der Waals surface area contributed by atoms with Gasteiger partial charge in [-0.3, -0.25) is 14.4 Å². The Morgan fingerprint density at radius 1 is 0.971 bits per heavy atom. The molecule has 1 fully saturated rings. The first-order chi connectivity index (χ1) is 16.4. The van der Waals surface area contributed by atoms with Crippen LogP contribution in [0.4, 0.5) is 10.1 Å². The van der Waals surface area contributed by atoms with E-state index in [-0.39, 0.29) is 18.4 Å². The number of esters is 1. The summed E-state index contributed by atoms with van der Waals surface area (Å²) in [5.74, 6) is -1.55. The highest BCUT2D eigenvalue weighted by atomic mass is 35.5. The summed E-state index contributed by atoms with van der Waals surface area (Å²) >= 11 is 6.05. The molecule has 1 atom stereocenters. The first-order valence-electron chi connectivity index (χ1n) is 10.8. The van der Waals surface area contributed by atoms with E-state index in [1.807, 2.05) is 0 Å². The first kappa shape index (κ1) is 23.4. The zero-order valence-electron chi connectivity index (χ0n) is 18.2. The predicted octanol–water partition coefficient (Wildman–Crippen LogP) is 5.19. The number of likely N-dealkylation sites (tertiary alicyclic amines) is 1. The van der Waals surface area contributed by atoms with Crippen LogP contribution in [0.15, 0.2) is 72.8 Å². The molecule has 0 radical (unpaired) electrons. The number of carbonyl (C=O) groups excluding carboxylic acids is 3. The summed E-state index contributed by atoms with van der Waals surface area (Å²) in [6.07, 6.45) is 1.28. The van der Waals surface area contributed by atoms with E-state index in [0.717, 1.165) is 0 Å². The quantitative estimate of drug-likeness (QED) is 0.403. The van der Waals surface area contributed by atoms with Gasteiger partial charge >= 0.3 is 5.97 Å². The highest BCUT2D eigenvalue weighted by Crippen LogP contribution is 2.23. The Bertz CT molecular complexity index is 1200. The van der Waals surface area contributed by atoms with Crippen LogP contribution in [-0.2, 0) is 4.79 Å². The molecule has 4 rings (SSSR count). The molecule has 0 bridgehead atoms. The van der Waals surface area contributed by atoms with E-state index in [4.69, 9.17) is 16.3 Å². The third-order valence-electron chi connectivity index (χ3n) is 5.58. The summed E-state index contributed by atoms with van der Waals surface area (Å²) < 4.78 is 18.6. The minimum atomic E-state index is -0.460. The summed E-state index contributed by atoms with van der Waals surface area (Å²) in [7, 11) is 0. The maximum absolute atomic E-state index is 13.1. The number of benzene rings is 3. The smallest absolute Gasteiger partial charge is 0.316 e. The third-order valence-corrected chi connectivity index (χ3v) is 5.91. The van der Waals surface area contributed by atoms with Crippen molar-refractivity contribution in [3.63, 3.8) is 0 Å². The highest BCUT2D eigenvalue weighted by molar-refractivity contribution is 6.34. The van der Waals surface area contributed by atoms with Gasteiger partial charge in [0.05, 0.1) is 16.5 Å². The van der Waals surface area contributed by atoms with Crippen LogP contribution in [0, 0.1) is 11.7 Å². The molecule has 174 valence electrons. The molecule has 6 nitrogen and oxygen atoms in total. The molecule has 1 saturated heterocycles. The van der Waals surface area contributed by atoms with Crippen LogP contribution in [0.25, 0.3) is 0 Å². The fraction of sp³-hybridized carbons (Fsp3) is 0.192. The van der Waals surface area contributed by atoms with E-state index >= 15 is 0 Å². The van der Waals surface area contributed by atoms with E-state index in [2.05, 4.69) is 5.32 Å². The van der Waals surface area contributed by atoms with E-state index in [0.29, 0.717) is 47.0 Å². The van der Waals surface area contributed by atoms with Crippen molar-refractivity contribution in [2.45, 2.75) is 12.8 Å². The van der Waals surface area contributed by atoms with Crippen LogP contribution in [-0.4, -0.2) is 35.8 Å². The van der Waals surface area contributed by atoms with E-state index in [1.54, 1.807) is 53.4 Å². The zero-order chi connectivity index (χ0) is 24.1. The van der Waals surface area contributed by atoms with Crippen LogP contribution < -0.4 is 10.1 Å². The van der Waals surface area contributed by atoms with Crippen molar-refractivity contribution in [1.29, 1.82) is 0 Å². The summed E-state index contributed by atoms with van der Waals surface area (Å²) in [6, 6.07) is 18.5. The molecule has 3 aromatic carbocycles. The number of amides is 2. The summed E-state index contributed by atoms with van der Waals surface area (Å²) in [4.78, 5) is 39.4. The molecule has 0 spiro atoms. The molecular weight excluding hydrogens is 459 g/mol. The van der Waals surface area contributed by atoms with Gasteiger partial charge in [0.15, 0.2) is 0 Å². The number of hydrogen-bond donors (Lipinski definition) is 1. The Morgan fingerprint density at radius 3 is 2.38 bits per heavy atom. The Morgan fingerprint density at radius 2 is 1.68 bits per heavy atom. The van der Waals surface area contributed by atoms with Gasteiger partial charge in [0, 0.05) is 24.3 Å². The molecule has 8 heteroatoms. The molecule has 0 aromatic heterocycles. The maximum Gasteiger partial charge on any atom is 0.316 e. The average Bonchev–Trinajstić information content (AvgIpc) is 2.85. The van der Waals surface area contributed by atoms with Gasteiger partial charge < -0.3 is 15.0 Å². The Labute approximate surface area is 201 Å². The molecule has 2 amide bonds. The van der Waals surface area contributed by atoms with Gasteiger partial charge in [-0.15, -0.1) is 0 Å². The van der Waals surface area contributed by atoms with Crippen molar-refractivity contribution < 1.29 is 23.5 Å². The van der Waals surface area contributed by atoms with Crippen LogP contribution in [0.5, 0.6) is 5.75 Å². The second-order valence-electron chi connectivity index (χ2n) is 7.98. The lowest BCUT2D eigenvalue weighted by molar-refractivity contribution is -0.140. The lowest BCUT2D eigenvalue weighted by Gasteiger charge is -2.31. The average molecular weight is 481 g/mol. The number of rotatable bonds is 5. The third kappa shape index (κ3) is 5.61. The normalized spacial score (nSPS) is 15.5. The van der Waals surface area contributed by atoms with Crippen molar-refractivity contribution in [3.05, 3.63) is 94.8 Å². The van der Waals surface area contributed by atoms with Crippen LogP contribution >= 0.6 is 11.6 Å². The molecule has 0 aliphatic carbocycles. The van der Waals surface area contributed by atoms with E-state index in [9.17, 15) is 18.8 Å². The number of halogens is 2. The highest BCUT2D eigenvalue weighted by Gasteiger charge is 2.30. The van der Waals surface area contributed by atoms with Gasteiger partial charge in [-0.05, 0) is 73.5 Å². The lowest BCUT2D eigenvalue weighted by Crippen LogP contribution is -2.43. The van der Waals surface area contributed by atoms with Crippen molar-refractivity contribution in [2.24, 2.45) is 5.92 Å². The van der Waals surface area contributed by atoms with Crippen molar-refractivity contribution in [2.75, 3.05) is 18.4 Å². The largest absolute Gasteiger partial charge is 0.426 e. The summed E-state index contributed by atoms with van der Waals surface area (Å²) in [5, 5.41) is 3.10. The Kier molecular flexibility index (Phi) is 7.23. The fourth-order valence-electron chi connectivity index (χ4n) is 3.78. The van der Waals surface area contributed by atoms with E-state index in [1.165, 1.54) is 24.3 Å². The Hall–Kier alpha value is -3.71. The van der Waals surface area contributed by atoms with E-state index < -0.39 is 17.7 Å². The van der Waals surface area contributed by atoms with Crippen molar-refractivity contribution in [1.82, 2.24) is 4.90 Å². The number of anilines is 1. The molecule has 3 aromatic rings. The second kappa shape index (κ2) is 10.5. The molecule has 0 saturated carbocycles. The first-order valence-corrected chi connectivity index (χ1v) is 11.2. The number of carbonyl (C=O) groups is 3. The number of ether oxygens (including phenoxy) is 1. The van der Waals surface area contributed by atoms with Gasteiger partial charge in [0.2, 0.25) is 0 Å². The van der Waals surface area contributed by atoms with Crippen molar-refractivity contribution >= 4 is 35.1 Å². The number of hydrogen-bond acceptors (Lipinski definition) is 4. The van der Waals surface area contributed by atoms with Crippen LogP contribution in [0.2, 0.25) is 5.02 Å². The molecule has 1 aliphatic rings. The SMILES string of the molecule is O=C(Nc1ccc(OC(=O)C2CCCN(C(=O)c3ccc(F)cc3)C2)cc1)c1ccccc1Cl. The Balaban J connectivity index is 1.34. The minimum absolute atomic E-state index is 0.237. The van der Waals surface area contributed by atoms with Gasteiger partial charge in [-0.25, -0.2) is 4.39 Å².